The summed E-state index contributed by atoms with van der Waals surface area (Å²) < 4.78 is 62.5. The van der Waals surface area contributed by atoms with Gasteiger partial charge in [-0.05, 0) is 64.2 Å². The van der Waals surface area contributed by atoms with Gasteiger partial charge in [-0.15, -0.1) is 0 Å². The van der Waals surface area contributed by atoms with Crippen molar-refractivity contribution < 1.29 is 34.9 Å². The highest BCUT2D eigenvalue weighted by Crippen LogP contribution is 2.17. The lowest BCUT2D eigenvalue weighted by Gasteiger charge is -2.37. The number of piperidine rings is 2. The molecule has 206 valence electrons. The molecule has 0 spiro atoms. The van der Waals surface area contributed by atoms with Crippen LogP contribution in [0.25, 0.3) is 0 Å². The zero-order valence-electron chi connectivity index (χ0n) is 22.3. The second-order valence-corrected chi connectivity index (χ2v) is 13.7. The van der Waals surface area contributed by atoms with Crippen molar-refractivity contribution in [1.82, 2.24) is 0 Å². The van der Waals surface area contributed by atoms with Gasteiger partial charge in [-0.3, -0.25) is 0 Å². The molecule has 0 amide bonds. The van der Waals surface area contributed by atoms with Crippen LogP contribution in [0.5, 0.6) is 0 Å². The Hall–Kier alpha value is -0.260. The van der Waals surface area contributed by atoms with Gasteiger partial charge in [0.05, 0.1) is 73.6 Å². The average Bonchev–Trinajstić information content (AvgIpc) is 2.75. The molecule has 2 rings (SSSR count). The molecule has 10 heteroatoms. The third kappa shape index (κ3) is 20.0. The first-order chi connectivity index (χ1) is 15.7. The Balaban J connectivity index is 0.000000481. The minimum absolute atomic E-state index is 0.0900. The molecule has 2 heterocycles. The van der Waals surface area contributed by atoms with Crippen LogP contribution in [-0.2, 0) is 20.2 Å². The molecule has 0 aromatic heterocycles. The van der Waals surface area contributed by atoms with E-state index < -0.39 is 31.7 Å². The largest absolute Gasteiger partial charge is 0.748 e. The van der Waals surface area contributed by atoms with Gasteiger partial charge in [-0.25, -0.2) is 16.8 Å². The Morgan fingerprint density at radius 2 is 0.853 bits per heavy atom. The van der Waals surface area contributed by atoms with Crippen molar-refractivity contribution in [1.29, 1.82) is 0 Å². The van der Waals surface area contributed by atoms with Gasteiger partial charge < -0.3 is 18.1 Å². The zero-order valence-corrected chi connectivity index (χ0v) is 23.9. The highest BCUT2D eigenvalue weighted by Gasteiger charge is 2.24. The second-order valence-electron chi connectivity index (χ2n) is 10.6. The molecule has 0 aromatic rings. The van der Waals surface area contributed by atoms with E-state index in [1.54, 1.807) is 0 Å². The van der Waals surface area contributed by atoms with Crippen LogP contribution in [0.2, 0.25) is 0 Å². The van der Waals surface area contributed by atoms with E-state index in [2.05, 4.69) is 27.9 Å². The quantitative estimate of drug-likeness (QED) is 0.229. The molecule has 2 fully saturated rings. The number of unbranched alkanes of at least 4 members (excludes halogenated alkanes) is 3. The monoisotopic (exact) mass is 528 g/mol. The molecule has 2 aliphatic rings. The van der Waals surface area contributed by atoms with Crippen LogP contribution in [0.3, 0.4) is 0 Å². The van der Waals surface area contributed by atoms with Gasteiger partial charge in [0.15, 0.2) is 0 Å². The van der Waals surface area contributed by atoms with Crippen molar-refractivity contribution in [2.24, 2.45) is 0 Å². The first kappa shape index (κ1) is 33.7. The molecule has 0 saturated carbocycles. The maximum absolute atomic E-state index is 9.97. The number of hydrogen-bond acceptors (Lipinski definition) is 6. The van der Waals surface area contributed by atoms with E-state index in [0.717, 1.165) is 0 Å². The maximum Gasteiger partial charge on any atom is 0.0945 e. The van der Waals surface area contributed by atoms with E-state index >= 15 is 0 Å². The maximum atomic E-state index is 9.97. The zero-order chi connectivity index (χ0) is 26.1. The lowest BCUT2D eigenvalue weighted by atomic mass is 10.1. The first-order valence-corrected chi connectivity index (χ1v) is 16.4. The summed E-state index contributed by atoms with van der Waals surface area (Å²) in [6, 6.07) is 0. The number of nitrogens with zero attached hydrogens (tertiary/aromatic N) is 2. The van der Waals surface area contributed by atoms with E-state index in [1.807, 2.05) is 0 Å². The molecular formula is C24H52N2O6S2. The minimum Gasteiger partial charge on any atom is -0.748 e. The SMILES string of the molecule is CCCC[N+]1(C)CCCCC1.CCCC[N+]1(C)CCCCC1.O=S(=O)([O-])CCCCS(=O)(=O)[O-]. The Morgan fingerprint density at radius 3 is 1.09 bits per heavy atom. The van der Waals surface area contributed by atoms with Gasteiger partial charge in [-0.1, -0.05) is 26.7 Å². The van der Waals surface area contributed by atoms with E-state index in [9.17, 15) is 25.9 Å². The van der Waals surface area contributed by atoms with Crippen molar-refractivity contribution in [2.45, 2.75) is 90.9 Å². The highest BCUT2D eigenvalue weighted by molar-refractivity contribution is 7.86. The van der Waals surface area contributed by atoms with Gasteiger partial charge >= 0.3 is 0 Å². The van der Waals surface area contributed by atoms with Crippen molar-refractivity contribution in [3.63, 3.8) is 0 Å². The lowest BCUT2D eigenvalue weighted by molar-refractivity contribution is -0.914. The fourth-order valence-corrected chi connectivity index (χ4v) is 5.75. The predicted molar refractivity (Wildman–Crippen MR) is 137 cm³/mol. The molecule has 2 aliphatic heterocycles. The van der Waals surface area contributed by atoms with Crippen LogP contribution in [0.15, 0.2) is 0 Å². The summed E-state index contributed by atoms with van der Waals surface area (Å²) in [7, 11) is -3.73. The summed E-state index contributed by atoms with van der Waals surface area (Å²) >= 11 is 0. The summed E-state index contributed by atoms with van der Waals surface area (Å²) in [5, 5.41) is 0. The lowest BCUT2D eigenvalue weighted by Crippen LogP contribution is -2.48. The molecule has 0 aliphatic carbocycles. The fourth-order valence-electron chi connectivity index (χ4n) is 4.64. The normalized spacial score (nSPS) is 19.8. The molecule has 0 aromatic carbocycles. The smallest absolute Gasteiger partial charge is 0.0945 e. The van der Waals surface area contributed by atoms with Crippen LogP contribution in [0.1, 0.15) is 90.9 Å². The Labute approximate surface area is 210 Å². The van der Waals surface area contributed by atoms with E-state index in [-0.39, 0.29) is 12.8 Å². The fraction of sp³-hybridized carbons (Fsp3) is 1.00. The number of hydrogen-bond donors (Lipinski definition) is 0. The van der Waals surface area contributed by atoms with Gasteiger partial charge in [0.25, 0.3) is 0 Å². The number of rotatable bonds is 11. The van der Waals surface area contributed by atoms with Crippen LogP contribution in [-0.4, -0.2) is 99.8 Å². The molecule has 0 unspecified atom stereocenters. The minimum atomic E-state index is -4.29. The van der Waals surface area contributed by atoms with Gasteiger partial charge in [-0.2, -0.15) is 0 Å². The molecule has 0 atom stereocenters. The third-order valence-electron chi connectivity index (χ3n) is 6.93. The van der Waals surface area contributed by atoms with Gasteiger partial charge in [0, 0.05) is 11.5 Å². The molecule has 34 heavy (non-hydrogen) atoms. The summed E-state index contributed by atoms with van der Waals surface area (Å²) in [4.78, 5) is 0. The van der Waals surface area contributed by atoms with Crippen molar-refractivity contribution >= 4 is 20.2 Å². The Bertz CT molecular complexity index is 652. The van der Waals surface area contributed by atoms with E-state index in [1.165, 1.54) is 112 Å². The molecule has 0 bridgehead atoms. The Morgan fingerprint density at radius 1 is 0.559 bits per heavy atom. The van der Waals surface area contributed by atoms with E-state index in [0.29, 0.717) is 0 Å². The molecular weight excluding hydrogens is 476 g/mol. The molecule has 8 nitrogen and oxygen atoms in total. The highest BCUT2D eigenvalue weighted by atomic mass is 32.2. The summed E-state index contributed by atoms with van der Waals surface area (Å²) in [5.41, 5.74) is 0. The summed E-state index contributed by atoms with van der Waals surface area (Å²) in [5.74, 6) is -1.24. The van der Waals surface area contributed by atoms with Crippen molar-refractivity contribution in [3.8, 4) is 0 Å². The average molecular weight is 529 g/mol. The van der Waals surface area contributed by atoms with Crippen molar-refractivity contribution in [3.05, 3.63) is 0 Å². The third-order valence-corrected chi connectivity index (χ3v) is 8.51. The summed E-state index contributed by atoms with van der Waals surface area (Å²) in [6.07, 6.45) is 14.1. The van der Waals surface area contributed by atoms with Gasteiger partial charge in [0.1, 0.15) is 0 Å². The van der Waals surface area contributed by atoms with E-state index in [4.69, 9.17) is 0 Å². The van der Waals surface area contributed by atoms with Crippen LogP contribution >= 0.6 is 0 Å². The second kappa shape index (κ2) is 17.2. The summed E-state index contributed by atoms with van der Waals surface area (Å²) in [6.45, 7) is 13.1. The topological polar surface area (TPSA) is 114 Å². The molecule has 0 N–H and O–H groups in total. The van der Waals surface area contributed by atoms with Crippen LogP contribution in [0.4, 0.5) is 0 Å². The molecule has 2 saturated heterocycles. The first-order valence-electron chi connectivity index (χ1n) is 13.3. The van der Waals surface area contributed by atoms with Crippen LogP contribution in [0, 0.1) is 0 Å². The Kier molecular flexibility index (Phi) is 17.1. The number of quaternary nitrogens is 2. The molecule has 0 radical (unpaired) electrons. The van der Waals surface area contributed by atoms with Gasteiger partial charge in [0.2, 0.25) is 0 Å². The number of likely N-dealkylation sites (tertiary alicyclic amines) is 2. The van der Waals surface area contributed by atoms with Crippen LogP contribution < -0.4 is 0 Å². The van der Waals surface area contributed by atoms with Crippen molar-refractivity contribution in [2.75, 3.05) is 64.9 Å². The standard InChI is InChI=1S/2C10H22N.C4H10O6S2/c2*1-3-4-8-11(2)9-6-5-7-10-11;5-11(6,7)3-1-2-4-12(8,9)10/h2*3-10H2,1-2H3;1-4H2,(H,5,6,7)(H,8,9,10)/q2*+1;/p-2. The predicted octanol–water partition coefficient (Wildman–Crippen LogP) is 3.69.